The SMILES string of the molecule is CN(C)c1cc(-c2ccccc2)c(O)c2c1CC1CC3CC(=O)C(C(N)=O)=C(O)[C@@]3(O)C(=O)C1=C2O. The van der Waals surface area contributed by atoms with Gasteiger partial charge in [0.25, 0.3) is 5.91 Å². The second kappa shape index (κ2) is 7.96. The van der Waals surface area contributed by atoms with Crippen LogP contribution in [0.15, 0.2) is 53.3 Å². The molecule has 3 aliphatic carbocycles. The van der Waals surface area contributed by atoms with Crippen molar-refractivity contribution in [3.05, 3.63) is 64.4 Å². The number of nitrogens with zero attached hydrogens (tertiary/aromatic N) is 1. The summed E-state index contributed by atoms with van der Waals surface area (Å²) in [4.78, 5) is 39.8. The predicted molar refractivity (Wildman–Crippen MR) is 131 cm³/mol. The van der Waals surface area contributed by atoms with E-state index in [-0.39, 0.29) is 36.1 Å². The molecular formula is C27H26N2O7. The van der Waals surface area contributed by atoms with Gasteiger partial charge in [0, 0.05) is 43.3 Å². The number of carbonyl (C=O) groups is 3. The maximum Gasteiger partial charge on any atom is 0.255 e. The molecular weight excluding hydrogens is 464 g/mol. The van der Waals surface area contributed by atoms with Crippen molar-refractivity contribution >= 4 is 28.9 Å². The number of anilines is 1. The zero-order chi connectivity index (χ0) is 26.1. The number of primary amides is 1. The average Bonchev–Trinajstić information content (AvgIpc) is 2.81. The molecule has 1 saturated carbocycles. The second-order valence-corrected chi connectivity index (χ2v) is 9.81. The average molecular weight is 491 g/mol. The molecule has 1 amide bonds. The lowest BCUT2D eigenvalue weighted by molar-refractivity contribution is -0.147. The zero-order valence-corrected chi connectivity index (χ0v) is 19.8. The Labute approximate surface area is 206 Å². The van der Waals surface area contributed by atoms with E-state index in [2.05, 4.69) is 0 Å². The molecule has 6 N–H and O–H groups in total. The van der Waals surface area contributed by atoms with E-state index in [1.54, 1.807) is 0 Å². The number of fused-ring (bicyclic) bond motifs is 3. The van der Waals surface area contributed by atoms with Gasteiger partial charge in [0.2, 0.25) is 5.78 Å². The first-order valence-electron chi connectivity index (χ1n) is 11.6. The number of phenolic OH excluding ortho intramolecular Hbond substituents is 1. The molecule has 2 aromatic rings. The molecule has 36 heavy (non-hydrogen) atoms. The van der Waals surface area contributed by atoms with Crippen molar-refractivity contribution in [3.8, 4) is 16.9 Å². The van der Waals surface area contributed by atoms with Gasteiger partial charge in [-0.15, -0.1) is 0 Å². The third kappa shape index (κ3) is 3.09. The fourth-order valence-electron chi connectivity index (χ4n) is 5.91. The molecule has 2 unspecified atom stereocenters. The molecule has 3 aliphatic rings. The van der Waals surface area contributed by atoms with Crippen LogP contribution < -0.4 is 10.6 Å². The molecule has 0 bridgehead atoms. The van der Waals surface area contributed by atoms with Gasteiger partial charge in [-0.2, -0.15) is 0 Å². The first-order chi connectivity index (χ1) is 17.0. The van der Waals surface area contributed by atoms with E-state index >= 15 is 0 Å². The van der Waals surface area contributed by atoms with Crippen molar-refractivity contribution in [3.63, 3.8) is 0 Å². The van der Waals surface area contributed by atoms with Crippen LogP contribution >= 0.6 is 0 Å². The minimum atomic E-state index is -2.58. The van der Waals surface area contributed by atoms with Gasteiger partial charge in [-0.1, -0.05) is 30.3 Å². The molecule has 0 aromatic heterocycles. The van der Waals surface area contributed by atoms with Gasteiger partial charge in [-0.25, -0.2) is 0 Å². The number of phenols is 1. The fraction of sp³-hybridized carbons (Fsp3) is 0.296. The molecule has 0 spiro atoms. The Morgan fingerprint density at radius 1 is 1.08 bits per heavy atom. The third-order valence-electron chi connectivity index (χ3n) is 7.61. The Morgan fingerprint density at radius 3 is 2.36 bits per heavy atom. The van der Waals surface area contributed by atoms with Gasteiger partial charge >= 0.3 is 0 Å². The van der Waals surface area contributed by atoms with Crippen molar-refractivity contribution in [2.45, 2.75) is 24.9 Å². The van der Waals surface area contributed by atoms with Crippen molar-refractivity contribution in [2.24, 2.45) is 17.6 Å². The van der Waals surface area contributed by atoms with E-state index < -0.39 is 52.0 Å². The Morgan fingerprint density at radius 2 is 1.75 bits per heavy atom. The standard InChI is InChI=1S/C27H26N2O7/c1-29(2)17-11-15(12-6-4-3-5-7-12)22(31)20-16(17)9-13-8-14-10-18(30)21(26(28)35)25(34)27(14,36)24(33)19(13)23(20)32/h3-7,11,13-14,31-32,34,36H,8-10H2,1-2H3,(H2,28,35)/t13?,14?,27-/m0/s1. The van der Waals surface area contributed by atoms with E-state index in [0.29, 0.717) is 16.7 Å². The molecule has 5 rings (SSSR count). The Kier molecular flexibility index (Phi) is 5.22. The van der Waals surface area contributed by atoms with E-state index in [9.17, 15) is 34.8 Å². The van der Waals surface area contributed by atoms with Crippen molar-refractivity contribution in [1.82, 2.24) is 0 Å². The summed E-state index contributed by atoms with van der Waals surface area (Å²) in [5.74, 6) is -6.36. The highest BCUT2D eigenvalue weighted by atomic mass is 16.3. The van der Waals surface area contributed by atoms with E-state index in [0.717, 1.165) is 5.69 Å². The van der Waals surface area contributed by atoms with Gasteiger partial charge in [-0.05, 0) is 36.0 Å². The lowest BCUT2D eigenvalue weighted by Gasteiger charge is -2.46. The van der Waals surface area contributed by atoms with Gasteiger partial charge in [0.15, 0.2) is 11.4 Å². The van der Waals surface area contributed by atoms with Crippen LogP contribution in [0.4, 0.5) is 5.69 Å². The summed E-state index contributed by atoms with van der Waals surface area (Å²) in [6.07, 6.45) is 0.00220. The number of rotatable bonds is 3. The van der Waals surface area contributed by atoms with Crippen LogP contribution in [0.2, 0.25) is 0 Å². The highest BCUT2D eigenvalue weighted by Gasteiger charge is 2.60. The summed E-state index contributed by atoms with van der Waals surface area (Å²) in [7, 11) is 3.66. The number of aliphatic hydroxyl groups is 3. The van der Waals surface area contributed by atoms with Crippen LogP contribution in [0.25, 0.3) is 16.9 Å². The summed E-state index contributed by atoms with van der Waals surface area (Å²) < 4.78 is 0. The van der Waals surface area contributed by atoms with Gasteiger partial charge < -0.3 is 31.1 Å². The van der Waals surface area contributed by atoms with Gasteiger partial charge in [-0.3, -0.25) is 14.4 Å². The number of amides is 1. The number of aromatic hydroxyl groups is 1. The van der Waals surface area contributed by atoms with E-state index in [1.165, 1.54) is 0 Å². The quantitative estimate of drug-likeness (QED) is 0.409. The fourth-order valence-corrected chi connectivity index (χ4v) is 5.91. The van der Waals surface area contributed by atoms with Crippen molar-refractivity contribution in [2.75, 3.05) is 19.0 Å². The van der Waals surface area contributed by atoms with Crippen LogP contribution in [0.1, 0.15) is 24.0 Å². The summed E-state index contributed by atoms with van der Waals surface area (Å²) in [6, 6.07) is 10.9. The van der Waals surface area contributed by atoms with E-state index in [4.69, 9.17) is 5.73 Å². The molecule has 3 atom stereocenters. The van der Waals surface area contributed by atoms with Gasteiger partial charge in [0.1, 0.15) is 22.8 Å². The number of hydrogen-bond acceptors (Lipinski definition) is 8. The number of aliphatic hydroxyl groups excluding tert-OH is 2. The van der Waals surface area contributed by atoms with Crippen LogP contribution in [0.5, 0.6) is 5.75 Å². The number of ketones is 2. The summed E-state index contributed by atoms with van der Waals surface area (Å²) in [5.41, 5.74) is 4.28. The maximum atomic E-state index is 13.7. The highest BCUT2D eigenvalue weighted by Crippen LogP contribution is 2.54. The van der Waals surface area contributed by atoms with Crippen LogP contribution in [-0.4, -0.2) is 57.6 Å². The summed E-state index contributed by atoms with van der Waals surface area (Å²) in [5, 5.41) is 44.8. The largest absolute Gasteiger partial charge is 0.508 e. The normalized spacial score (nSPS) is 25.3. The number of hydrogen-bond donors (Lipinski definition) is 5. The maximum absolute atomic E-state index is 13.7. The topological polar surface area (TPSA) is 161 Å². The number of nitrogens with two attached hydrogens (primary N) is 1. The van der Waals surface area contributed by atoms with Crippen molar-refractivity contribution < 1.29 is 34.8 Å². The minimum Gasteiger partial charge on any atom is -0.508 e. The van der Waals surface area contributed by atoms with Crippen molar-refractivity contribution in [1.29, 1.82) is 0 Å². The lowest BCUT2D eigenvalue weighted by atomic mass is 9.59. The predicted octanol–water partition coefficient (Wildman–Crippen LogP) is 2.16. The highest BCUT2D eigenvalue weighted by molar-refractivity contribution is 6.22. The number of carbonyl (C=O) groups excluding carboxylic acids is 3. The Hall–Kier alpha value is -4.11. The van der Waals surface area contributed by atoms with Crippen LogP contribution in [0.3, 0.4) is 0 Å². The molecule has 0 saturated heterocycles. The first-order valence-corrected chi connectivity index (χ1v) is 11.6. The van der Waals surface area contributed by atoms with Gasteiger partial charge in [0.05, 0.1) is 5.56 Å². The summed E-state index contributed by atoms with van der Waals surface area (Å²) in [6.45, 7) is 0. The number of benzene rings is 2. The molecule has 1 fully saturated rings. The second-order valence-electron chi connectivity index (χ2n) is 9.81. The monoisotopic (exact) mass is 490 g/mol. The van der Waals surface area contributed by atoms with Crippen LogP contribution in [-0.2, 0) is 20.8 Å². The summed E-state index contributed by atoms with van der Waals surface area (Å²) >= 11 is 0. The third-order valence-corrected chi connectivity index (χ3v) is 7.61. The molecule has 2 aromatic carbocycles. The number of Topliss-reactive ketones (excluding diaryl/α,β-unsaturated/α-hetero) is 2. The molecule has 0 aliphatic heterocycles. The minimum absolute atomic E-state index is 0.0761. The molecule has 9 heteroatoms. The molecule has 186 valence electrons. The smallest absolute Gasteiger partial charge is 0.255 e. The molecule has 9 nitrogen and oxygen atoms in total. The van der Waals surface area contributed by atoms with Crippen LogP contribution in [0, 0.1) is 11.8 Å². The lowest BCUT2D eigenvalue weighted by Crippen LogP contribution is -2.58. The molecule has 0 radical (unpaired) electrons. The zero-order valence-electron chi connectivity index (χ0n) is 19.8. The van der Waals surface area contributed by atoms with E-state index in [1.807, 2.05) is 55.4 Å². The Bertz CT molecular complexity index is 1410. The molecule has 0 heterocycles. The Balaban J connectivity index is 1.76. The first kappa shape index (κ1) is 23.6.